The van der Waals surface area contributed by atoms with Gasteiger partial charge in [-0.1, -0.05) is 0 Å². The van der Waals surface area contributed by atoms with E-state index < -0.39 is 0 Å². The van der Waals surface area contributed by atoms with Crippen molar-refractivity contribution in [1.82, 2.24) is 19.7 Å². The van der Waals surface area contributed by atoms with Crippen LogP contribution in [0.4, 0.5) is 0 Å². The SMILES string of the molecule is Cc1ccn(C2CC2)c(=O)c1C(=O)NC[C@@H]1CC[C@H](CC(=O)N2CCOCC2)N1C. The standard InChI is InChI=1S/C22H32N4O4/c1-15-7-8-26(16-3-4-16)22(29)20(15)21(28)23-14-18-6-5-17(24(18)2)13-19(27)25-9-11-30-12-10-25/h7-8,16-18H,3-6,9-14H2,1-2H3,(H,23,28)/t17-,18+/m1/s1. The van der Waals surface area contributed by atoms with Gasteiger partial charge in [-0.25, -0.2) is 0 Å². The first-order chi connectivity index (χ1) is 14.5. The Bertz CT molecular complexity index is 857. The first kappa shape index (κ1) is 21.1. The number of carbonyl (C=O) groups excluding carboxylic acids is 2. The molecular weight excluding hydrogens is 384 g/mol. The van der Waals surface area contributed by atoms with Gasteiger partial charge < -0.3 is 19.5 Å². The molecule has 2 saturated heterocycles. The van der Waals surface area contributed by atoms with Crippen LogP contribution in [-0.4, -0.2) is 78.2 Å². The number of nitrogens with one attached hydrogen (secondary N) is 1. The number of morpholine rings is 1. The van der Waals surface area contributed by atoms with Crippen molar-refractivity contribution in [3.63, 3.8) is 0 Å². The van der Waals surface area contributed by atoms with E-state index in [1.807, 2.05) is 24.9 Å². The summed E-state index contributed by atoms with van der Waals surface area (Å²) in [4.78, 5) is 42.2. The maximum atomic E-state index is 12.8. The Balaban J connectivity index is 1.32. The molecule has 1 aromatic heterocycles. The molecule has 0 radical (unpaired) electrons. The van der Waals surface area contributed by atoms with Crippen molar-refractivity contribution in [3.8, 4) is 0 Å². The molecule has 0 aromatic carbocycles. The van der Waals surface area contributed by atoms with Crippen LogP contribution >= 0.6 is 0 Å². The summed E-state index contributed by atoms with van der Waals surface area (Å²) >= 11 is 0. The third-order valence-electron chi connectivity index (χ3n) is 6.75. The van der Waals surface area contributed by atoms with Gasteiger partial charge in [0.25, 0.3) is 11.5 Å². The van der Waals surface area contributed by atoms with Crippen molar-refractivity contribution < 1.29 is 14.3 Å². The highest BCUT2D eigenvalue weighted by atomic mass is 16.5. The summed E-state index contributed by atoms with van der Waals surface area (Å²) in [7, 11) is 2.02. The van der Waals surface area contributed by atoms with Gasteiger partial charge in [-0.2, -0.15) is 0 Å². The third kappa shape index (κ3) is 4.44. The monoisotopic (exact) mass is 416 g/mol. The highest BCUT2D eigenvalue weighted by molar-refractivity contribution is 5.95. The van der Waals surface area contributed by atoms with E-state index in [-0.39, 0.29) is 41.1 Å². The smallest absolute Gasteiger partial charge is 0.263 e. The fraction of sp³-hybridized carbons (Fsp3) is 0.682. The molecule has 8 nitrogen and oxygen atoms in total. The Morgan fingerprint density at radius 2 is 1.83 bits per heavy atom. The van der Waals surface area contributed by atoms with Crippen molar-refractivity contribution in [3.05, 3.63) is 33.7 Å². The second-order valence-electron chi connectivity index (χ2n) is 8.78. The van der Waals surface area contributed by atoms with Crippen molar-refractivity contribution in [1.29, 1.82) is 0 Å². The zero-order valence-electron chi connectivity index (χ0n) is 17.9. The molecule has 164 valence electrons. The Labute approximate surface area is 177 Å². The largest absolute Gasteiger partial charge is 0.378 e. The Morgan fingerprint density at radius 3 is 2.53 bits per heavy atom. The van der Waals surface area contributed by atoms with Gasteiger partial charge in [-0.05, 0) is 51.3 Å². The van der Waals surface area contributed by atoms with Gasteiger partial charge in [-0.15, -0.1) is 0 Å². The van der Waals surface area contributed by atoms with Crippen molar-refractivity contribution in [2.75, 3.05) is 39.9 Å². The van der Waals surface area contributed by atoms with Crippen LogP contribution in [0.3, 0.4) is 0 Å². The summed E-state index contributed by atoms with van der Waals surface area (Å²) in [5, 5.41) is 2.97. The van der Waals surface area contributed by atoms with Gasteiger partial charge in [0.2, 0.25) is 5.91 Å². The fourth-order valence-electron chi connectivity index (χ4n) is 4.58. The van der Waals surface area contributed by atoms with Crippen LogP contribution in [0.1, 0.15) is 54.1 Å². The lowest BCUT2D eigenvalue weighted by atomic mass is 10.1. The van der Waals surface area contributed by atoms with E-state index in [0.717, 1.165) is 25.7 Å². The van der Waals surface area contributed by atoms with Gasteiger partial charge in [0.1, 0.15) is 5.56 Å². The molecule has 3 heterocycles. The molecule has 8 heteroatoms. The molecule has 2 atom stereocenters. The zero-order chi connectivity index (χ0) is 21.3. The van der Waals surface area contributed by atoms with E-state index in [9.17, 15) is 14.4 Å². The van der Waals surface area contributed by atoms with Crippen LogP contribution in [0.5, 0.6) is 0 Å². The fourth-order valence-corrected chi connectivity index (χ4v) is 4.58. The molecule has 1 aromatic rings. The zero-order valence-corrected chi connectivity index (χ0v) is 17.9. The van der Waals surface area contributed by atoms with Gasteiger partial charge >= 0.3 is 0 Å². The molecule has 1 saturated carbocycles. The van der Waals surface area contributed by atoms with Gasteiger partial charge in [0.05, 0.1) is 13.2 Å². The second-order valence-corrected chi connectivity index (χ2v) is 8.78. The molecule has 1 aliphatic carbocycles. The maximum absolute atomic E-state index is 12.8. The lowest BCUT2D eigenvalue weighted by Crippen LogP contribution is -2.45. The van der Waals surface area contributed by atoms with Crippen LogP contribution in [-0.2, 0) is 9.53 Å². The van der Waals surface area contributed by atoms with Crippen LogP contribution in [0, 0.1) is 6.92 Å². The molecular formula is C22H32N4O4. The van der Waals surface area contributed by atoms with E-state index in [0.29, 0.717) is 44.8 Å². The number of aryl methyl sites for hydroxylation is 1. The predicted octanol–water partition coefficient (Wildman–Crippen LogP) is 0.933. The Morgan fingerprint density at radius 1 is 1.13 bits per heavy atom. The normalized spacial score (nSPS) is 24.8. The Hall–Kier alpha value is -2.19. The summed E-state index contributed by atoms with van der Waals surface area (Å²) in [5.74, 6) is -0.117. The summed E-state index contributed by atoms with van der Waals surface area (Å²) in [5.41, 5.74) is 0.774. The first-order valence-electron chi connectivity index (χ1n) is 11.0. The molecule has 0 unspecified atom stereocenters. The molecule has 30 heavy (non-hydrogen) atoms. The number of hydrogen-bond donors (Lipinski definition) is 1. The predicted molar refractivity (Wildman–Crippen MR) is 113 cm³/mol. The quantitative estimate of drug-likeness (QED) is 0.746. The van der Waals surface area contributed by atoms with E-state index in [1.165, 1.54) is 0 Å². The molecule has 2 aliphatic heterocycles. The highest BCUT2D eigenvalue weighted by Gasteiger charge is 2.33. The van der Waals surface area contributed by atoms with E-state index >= 15 is 0 Å². The molecule has 2 amide bonds. The van der Waals surface area contributed by atoms with Crippen molar-refractivity contribution in [2.24, 2.45) is 0 Å². The van der Waals surface area contributed by atoms with Crippen molar-refractivity contribution >= 4 is 11.8 Å². The summed E-state index contributed by atoms with van der Waals surface area (Å²) < 4.78 is 7.01. The second kappa shape index (κ2) is 8.89. The number of hydrogen-bond acceptors (Lipinski definition) is 5. The number of rotatable bonds is 6. The number of pyridine rings is 1. The molecule has 0 bridgehead atoms. The van der Waals surface area contributed by atoms with Crippen LogP contribution in [0.15, 0.2) is 17.1 Å². The number of aromatic nitrogens is 1. The lowest BCUT2D eigenvalue weighted by Gasteiger charge is -2.30. The number of carbonyl (C=O) groups is 2. The summed E-state index contributed by atoms with van der Waals surface area (Å²) in [6.45, 7) is 4.86. The van der Waals surface area contributed by atoms with E-state index in [4.69, 9.17) is 4.74 Å². The average Bonchev–Trinajstić information content (AvgIpc) is 3.52. The van der Waals surface area contributed by atoms with Crippen LogP contribution in [0.2, 0.25) is 0 Å². The summed E-state index contributed by atoms with van der Waals surface area (Å²) in [6.07, 6.45) is 6.17. The average molecular weight is 417 g/mol. The number of likely N-dealkylation sites (tertiary alicyclic amines) is 1. The van der Waals surface area contributed by atoms with Gasteiger partial charge in [-0.3, -0.25) is 19.3 Å². The molecule has 3 fully saturated rings. The number of nitrogens with zero attached hydrogens (tertiary/aromatic N) is 3. The minimum absolute atomic E-state index is 0.172. The molecule has 0 spiro atoms. The van der Waals surface area contributed by atoms with E-state index in [2.05, 4.69) is 10.2 Å². The van der Waals surface area contributed by atoms with Crippen LogP contribution < -0.4 is 10.9 Å². The topological polar surface area (TPSA) is 83.9 Å². The highest BCUT2D eigenvalue weighted by Crippen LogP contribution is 2.33. The van der Waals surface area contributed by atoms with Crippen LogP contribution in [0.25, 0.3) is 0 Å². The molecule has 1 N–H and O–H groups in total. The summed E-state index contributed by atoms with van der Waals surface area (Å²) in [6, 6.07) is 2.46. The third-order valence-corrected chi connectivity index (χ3v) is 6.75. The number of ether oxygens (including phenoxy) is 1. The lowest BCUT2D eigenvalue weighted by molar-refractivity contribution is -0.136. The molecule has 4 rings (SSSR count). The van der Waals surface area contributed by atoms with Gasteiger partial charge in [0, 0.05) is 50.4 Å². The number of likely N-dealkylation sites (N-methyl/N-ethyl adjacent to an activating group) is 1. The van der Waals surface area contributed by atoms with E-state index in [1.54, 1.807) is 10.8 Å². The minimum Gasteiger partial charge on any atom is -0.378 e. The van der Waals surface area contributed by atoms with Crippen molar-refractivity contribution in [2.45, 2.75) is 57.2 Å². The Kier molecular flexibility index (Phi) is 6.24. The minimum atomic E-state index is -0.297. The maximum Gasteiger partial charge on any atom is 0.263 e. The first-order valence-corrected chi connectivity index (χ1v) is 11.0. The van der Waals surface area contributed by atoms with Gasteiger partial charge in [0.15, 0.2) is 0 Å². The number of amides is 2. The molecule has 3 aliphatic rings.